The lowest BCUT2D eigenvalue weighted by molar-refractivity contribution is -0.134. The summed E-state index contributed by atoms with van der Waals surface area (Å²) in [4.78, 5) is 11.0. The molecule has 1 N–H and O–H groups in total. The molecule has 1 atom stereocenters. The predicted octanol–water partition coefficient (Wildman–Crippen LogP) is 4.12. The normalized spacial score (nSPS) is 13.8. The van der Waals surface area contributed by atoms with Crippen LogP contribution in [-0.4, -0.2) is 23.4 Å². The molecule has 112 valence electrons. The van der Waals surface area contributed by atoms with Gasteiger partial charge in [-0.1, -0.05) is 69.4 Å². The van der Waals surface area contributed by atoms with Crippen molar-refractivity contribution in [2.45, 2.75) is 45.4 Å². The van der Waals surface area contributed by atoms with Crippen LogP contribution < -0.4 is 5.30 Å². The van der Waals surface area contributed by atoms with Gasteiger partial charge in [0.25, 0.3) is 0 Å². The van der Waals surface area contributed by atoms with Gasteiger partial charge >= 0.3 is 5.97 Å². The zero-order valence-corrected chi connectivity index (χ0v) is 13.1. The summed E-state index contributed by atoms with van der Waals surface area (Å²) in [6, 6.07) is 9.09. The van der Waals surface area contributed by atoms with Crippen LogP contribution in [0.2, 0.25) is 0 Å². The van der Waals surface area contributed by atoms with Crippen LogP contribution in [0.4, 0.5) is 0 Å². The predicted molar refractivity (Wildman–Crippen MR) is 84.4 cm³/mol. The Balaban J connectivity index is 2.57. The fourth-order valence-corrected chi connectivity index (χ4v) is 4.85. The Morgan fingerprint density at radius 2 is 1.65 bits per heavy atom. The van der Waals surface area contributed by atoms with E-state index in [1.54, 1.807) is 12.1 Å². The molecule has 3 nitrogen and oxygen atoms in total. The molecule has 0 heterocycles. The Labute approximate surface area is 121 Å². The van der Waals surface area contributed by atoms with Crippen molar-refractivity contribution in [3.05, 3.63) is 30.3 Å². The zero-order chi connectivity index (χ0) is 14.8. The standard InChI is InChI=1S/C16H25O3P/c1-2-3-4-5-6-10-13-20(19,14-16(17)18)15-11-8-7-9-12-15/h7-9,11-12H,2-6,10,13-14H2,1H3,(H,17,18)/t20-/m0/s1. The second-order valence-electron chi connectivity index (χ2n) is 5.27. The molecular formula is C16H25O3P. The van der Waals surface area contributed by atoms with Gasteiger partial charge in [-0.05, 0) is 6.42 Å². The lowest BCUT2D eigenvalue weighted by Crippen LogP contribution is -2.16. The molecule has 0 saturated carbocycles. The summed E-state index contributed by atoms with van der Waals surface area (Å²) < 4.78 is 12.9. The van der Waals surface area contributed by atoms with Gasteiger partial charge in [0.2, 0.25) is 0 Å². The van der Waals surface area contributed by atoms with E-state index in [2.05, 4.69) is 6.92 Å². The van der Waals surface area contributed by atoms with E-state index in [4.69, 9.17) is 5.11 Å². The van der Waals surface area contributed by atoms with Crippen molar-refractivity contribution < 1.29 is 14.5 Å². The lowest BCUT2D eigenvalue weighted by Gasteiger charge is -2.16. The molecule has 0 aromatic heterocycles. The van der Waals surface area contributed by atoms with Crippen LogP contribution in [0.1, 0.15) is 45.4 Å². The second-order valence-corrected chi connectivity index (χ2v) is 8.33. The maximum Gasteiger partial charge on any atom is 0.311 e. The van der Waals surface area contributed by atoms with Gasteiger partial charge in [-0.3, -0.25) is 4.79 Å². The van der Waals surface area contributed by atoms with Crippen LogP contribution in [-0.2, 0) is 9.36 Å². The Kier molecular flexibility index (Phi) is 7.61. The lowest BCUT2D eigenvalue weighted by atomic mass is 10.1. The summed E-state index contributed by atoms with van der Waals surface area (Å²) in [6.45, 7) is 2.18. The summed E-state index contributed by atoms with van der Waals surface area (Å²) in [5.41, 5.74) is 0. The van der Waals surface area contributed by atoms with Crippen LogP contribution in [0.25, 0.3) is 0 Å². The van der Waals surface area contributed by atoms with Crippen molar-refractivity contribution in [1.29, 1.82) is 0 Å². The summed E-state index contributed by atoms with van der Waals surface area (Å²) in [6.07, 6.45) is 6.98. The minimum atomic E-state index is -2.78. The molecular weight excluding hydrogens is 271 g/mol. The van der Waals surface area contributed by atoms with Crippen molar-refractivity contribution in [2.24, 2.45) is 0 Å². The molecule has 0 fully saturated rings. The van der Waals surface area contributed by atoms with Crippen LogP contribution >= 0.6 is 7.14 Å². The number of benzene rings is 1. The van der Waals surface area contributed by atoms with Gasteiger partial charge in [-0.15, -0.1) is 0 Å². The van der Waals surface area contributed by atoms with Gasteiger partial charge in [0.1, 0.15) is 13.3 Å². The molecule has 20 heavy (non-hydrogen) atoms. The highest BCUT2D eigenvalue weighted by Crippen LogP contribution is 2.45. The first-order chi connectivity index (χ1) is 9.58. The van der Waals surface area contributed by atoms with Crippen LogP contribution in [0.15, 0.2) is 30.3 Å². The average molecular weight is 296 g/mol. The number of hydrogen-bond acceptors (Lipinski definition) is 2. The topological polar surface area (TPSA) is 54.4 Å². The molecule has 0 bridgehead atoms. The molecule has 0 spiro atoms. The molecule has 4 heteroatoms. The summed E-state index contributed by atoms with van der Waals surface area (Å²) >= 11 is 0. The molecule has 0 unspecified atom stereocenters. The van der Waals surface area contributed by atoms with E-state index in [0.717, 1.165) is 19.3 Å². The molecule has 0 aliphatic rings. The molecule has 0 aliphatic carbocycles. The third-order valence-corrected chi connectivity index (χ3v) is 6.55. The largest absolute Gasteiger partial charge is 0.481 e. The van der Waals surface area contributed by atoms with E-state index in [0.29, 0.717) is 11.5 Å². The Hall–Kier alpha value is -1.08. The van der Waals surface area contributed by atoms with Crippen LogP contribution in [0.3, 0.4) is 0 Å². The number of rotatable bonds is 10. The molecule has 0 amide bonds. The fourth-order valence-electron chi connectivity index (χ4n) is 2.37. The van der Waals surface area contributed by atoms with Gasteiger partial charge in [0.15, 0.2) is 0 Å². The van der Waals surface area contributed by atoms with Gasteiger partial charge in [-0.25, -0.2) is 0 Å². The SMILES string of the molecule is CCCCCCCC[P@](=O)(CC(=O)O)c1ccccc1. The first kappa shape index (κ1) is 17.0. The number of aliphatic carboxylic acids is 1. The van der Waals surface area contributed by atoms with Crippen molar-refractivity contribution in [3.8, 4) is 0 Å². The van der Waals surface area contributed by atoms with Crippen molar-refractivity contribution in [3.63, 3.8) is 0 Å². The second kappa shape index (κ2) is 8.97. The quantitative estimate of drug-likeness (QED) is 0.522. The highest BCUT2D eigenvalue weighted by Gasteiger charge is 2.27. The smallest absolute Gasteiger partial charge is 0.311 e. The van der Waals surface area contributed by atoms with E-state index < -0.39 is 13.1 Å². The van der Waals surface area contributed by atoms with Crippen molar-refractivity contribution >= 4 is 18.4 Å². The van der Waals surface area contributed by atoms with Gasteiger partial charge in [-0.2, -0.15) is 0 Å². The monoisotopic (exact) mass is 296 g/mol. The number of hydrogen-bond donors (Lipinski definition) is 1. The average Bonchev–Trinajstić information content (AvgIpc) is 2.43. The number of unbranched alkanes of at least 4 members (excludes halogenated alkanes) is 5. The molecule has 0 radical (unpaired) electrons. The fraction of sp³-hybridized carbons (Fsp3) is 0.562. The van der Waals surface area contributed by atoms with E-state index in [-0.39, 0.29) is 6.16 Å². The van der Waals surface area contributed by atoms with E-state index in [9.17, 15) is 9.36 Å². The minimum Gasteiger partial charge on any atom is -0.481 e. The molecule has 1 aromatic rings. The maximum absolute atomic E-state index is 12.9. The molecule has 1 rings (SSSR count). The zero-order valence-electron chi connectivity index (χ0n) is 12.3. The highest BCUT2D eigenvalue weighted by atomic mass is 31.2. The van der Waals surface area contributed by atoms with Gasteiger partial charge in [0.05, 0.1) is 0 Å². The third kappa shape index (κ3) is 5.92. The first-order valence-electron chi connectivity index (χ1n) is 7.44. The molecule has 0 aliphatic heterocycles. The van der Waals surface area contributed by atoms with E-state index in [1.807, 2.05) is 18.2 Å². The van der Waals surface area contributed by atoms with Gasteiger partial charge in [0, 0.05) is 11.5 Å². The maximum atomic E-state index is 12.9. The number of carboxylic acids is 1. The third-order valence-electron chi connectivity index (χ3n) is 3.49. The minimum absolute atomic E-state index is 0.230. The highest BCUT2D eigenvalue weighted by molar-refractivity contribution is 7.72. The van der Waals surface area contributed by atoms with Crippen molar-refractivity contribution in [2.75, 3.05) is 12.3 Å². The van der Waals surface area contributed by atoms with Crippen molar-refractivity contribution in [1.82, 2.24) is 0 Å². The summed E-state index contributed by atoms with van der Waals surface area (Å²) in [7, 11) is -2.78. The molecule has 1 aromatic carbocycles. The first-order valence-corrected chi connectivity index (χ1v) is 9.51. The summed E-state index contributed by atoms with van der Waals surface area (Å²) in [5, 5.41) is 9.72. The van der Waals surface area contributed by atoms with E-state index >= 15 is 0 Å². The Bertz CT molecular complexity index is 442. The number of carboxylic acid groups (broad SMARTS) is 1. The Morgan fingerprint density at radius 1 is 1.05 bits per heavy atom. The summed E-state index contributed by atoms with van der Waals surface area (Å²) in [5.74, 6) is -0.969. The molecule has 0 saturated heterocycles. The van der Waals surface area contributed by atoms with Crippen LogP contribution in [0.5, 0.6) is 0 Å². The Morgan fingerprint density at radius 3 is 2.25 bits per heavy atom. The van der Waals surface area contributed by atoms with Crippen LogP contribution in [0, 0.1) is 0 Å². The van der Waals surface area contributed by atoms with Gasteiger partial charge < -0.3 is 9.67 Å². The number of carbonyl (C=O) groups is 1. The van der Waals surface area contributed by atoms with E-state index in [1.165, 1.54) is 19.3 Å².